The van der Waals surface area contributed by atoms with Crippen molar-refractivity contribution in [1.82, 2.24) is 0 Å². The third kappa shape index (κ3) is 3.41. The van der Waals surface area contributed by atoms with Gasteiger partial charge in [0, 0.05) is 0 Å². The van der Waals surface area contributed by atoms with Gasteiger partial charge in [-0.2, -0.15) is 0 Å². The van der Waals surface area contributed by atoms with Crippen LogP contribution >= 0.6 is 11.6 Å². The van der Waals surface area contributed by atoms with E-state index in [2.05, 4.69) is 0 Å². The minimum atomic E-state index is -0.807. The molecule has 2 rings (SSSR count). The van der Waals surface area contributed by atoms with Crippen LogP contribution in [0.5, 0.6) is 5.75 Å². The van der Waals surface area contributed by atoms with E-state index in [0.29, 0.717) is 23.3 Å². The lowest BCUT2D eigenvalue weighted by Gasteiger charge is -2.27. The molecule has 0 aromatic heterocycles. The molecular weight excluding hydrogens is 264 g/mol. The Hall–Kier alpha value is -1.22. The van der Waals surface area contributed by atoms with E-state index in [1.807, 2.05) is 12.1 Å². The Morgan fingerprint density at radius 2 is 2.16 bits per heavy atom. The predicted molar refractivity (Wildman–Crippen MR) is 74.8 cm³/mol. The Kier molecular flexibility index (Phi) is 4.04. The molecule has 0 spiro atoms. The number of ether oxygens (including phenoxy) is 1. The quantitative estimate of drug-likeness (QED) is 0.890. The molecule has 0 amide bonds. The van der Waals surface area contributed by atoms with E-state index in [0.717, 1.165) is 18.4 Å². The van der Waals surface area contributed by atoms with Gasteiger partial charge in [0.2, 0.25) is 0 Å². The molecule has 104 valence electrons. The minimum Gasteiger partial charge on any atom is -0.489 e. The number of hydrogen-bond donors (Lipinski definition) is 1. The van der Waals surface area contributed by atoms with Crippen molar-refractivity contribution in [3.8, 4) is 5.75 Å². The second kappa shape index (κ2) is 5.41. The summed E-state index contributed by atoms with van der Waals surface area (Å²) in [4.78, 5) is 11.1. The Labute approximate surface area is 118 Å². The van der Waals surface area contributed by atoms with Gasteiger partial charge in [0.05, 0.1) is 16.5 Å². The molecule has 1 aliphatic carbocycles. The zero-order valence-electron chi connectivity index (χ0n) is 11.3. The lowest BCUT2D eigenvalue weighted by atomic mass is 9.86. The molecule has 0 bridgehead atoms. The van der Waals surface area contributed by atoms with Crippen molar-refractivity contribution in [2.24, 2.45) is 5.41 Å². The zero-order valence-corrected chi connectivity index (χ0v) is 12.0. The Bertz CT molecular complexity index is 478. The molecule has 0 saturated heterocycles. The Balaban J connectivity index is 2.07. The molecule has 3 nitrogen and oxygen atoms in total. The number of halogens is 1. The topological polar surface area (TPSA) is 46.5 Å². The second-order valence-electron chi connectivity index (χ2n) is 5.80. The van der Waals surface area contributed by atoms with Gasteiger partial charge < -0.3 is 9.84 Å². The van der Waals surface area contributed by atoms with Gasteiger partial charge in [0.15, 0.2) is 0 Å². The van der Waals surface area contributed by atoms with E-state index in [1.165, 1.54) is 6.42 Å². The number of carbonyl (C=O) groups is 1. The average Bonchev–Trinajstić information content (AvgIpc) is 2.24. The van der Waals surface area contributed by atoms with Crippen molar-refractivity contribution >= 4 is 17.6 Å². The van der Waals surface area contributed by atoms with Crippen molar-refractivity contribution in [2.75, 3.05) is 0 Å². The summed E-state index contributed by atoms with van der Waals surface area (Å²) in [6, 6.07) is 5.54. The van der Waals surface area contributed by atoms with Crippen LogP contribution in [0.1, 0.15) is 38.7 Å². The molecule has 1 aliphatic rings. The van der Waals surface area contributed by atoms with Crippen molar-refractivity contribution < 1.29 is 14.6 Å². The van der Waals surface area contributed by atoms with Gasteiger partial charge in [-0.05, 0) is 57.2 Å². The van der Waals surface area contributed by atoms with Gasteiger partial charge in [-0.1, -0.05) is 17.7 Å². The summed E-state index contributed by atoms with van der Waals surface area (Å²) in [6.07, 6.45) is 4.13. The molecule has 1 N–H and O–H groups in total. The maximum absolute atomic E-state index is 11.1. The predicted octanol–water partition coefficient (Wildman–Crippen LogP) is 3.92. The fourth-order valence-corrected chi connectivity index (χ4v) is 2.25. The van der Waals surface area contributed by atoms with Crippen LogP contribution in [0.15, 0.2) is 18.2 Å². The minimum absolute atomic E-state index is 0.291. The highest BCUT2D eigenvalue weighted by atomic mass is 35.5. The SMILES string of the molecule is CC(C)(Cc1ccc(OC2CCC2)c(Cl)c1)C(=O)O. The van der Waals surface area contributed by atoms with Crippen molar-refractivity contribution in [3.05, 3.63) is 28.8 Å². The fourth-order valence-electron chi connectivity index (χ4n) is 2.00. The highest BCUT2D eigenvalue weighted by Gasteiger charge is 2.27. The van der Waals surface area contributed by atoms with E-state index in [-0.39, 0.29) is 0 Å². The summed E-state index contributed by atoms with van der Waals surface area (Å²) in [5, 5.41) is 9.69. The summed E-state index contributed by atoms with van der Waals surface area (Å²) in [7, 11) is 0. The van der Waals surface area contributed by atoms with Gasteiger partial charge in [-0.15, -0.1) is 0 Å². The van der Waals surface area contributed by atoms with Crippen LogP contribution in [0, 0.1) is 5.41 Å². The van der Waals surface area contributed by atoms with Gasteiger partial charge in [0.25, 0.3) is 0 Å². The number of carboxylic acid groups (broad SMARTS) is 1. The lowest BCUT2D eigenvalue weighted by Crippen LogP contribution is -2.26. The van der Waals surface area contributed by atoms with Crippen LogP contribution in [0.4, 0.5) is 0 Å². The molecule has 0 atom stereocenters. The molecule has 0 heterocycles. The smallest absolute Gasteiger partial charge is 0.309 e. The van der Waals surface area contributed by atoms with Gasteiger partial charge >= 0.3 is 5.97 Å². The molecule has 19 heavy (non-hydrogen) atoms. The molecule has 1 saturated carbocycles. The van der Waals surface area contributed by atoms with Gasteiger partial charge in [-0.3, -0.25) is 4.79 Å². The number of aliphatic carboxylic acids is 1. The summed E-state index contributed by atoms with van der Waals surface area (Å²) in [6.45, 7) is 3.42. The Morgan fingerprint density at radius 1 is 1.47 bits per heavy atom. The lowest BCUT2D eigenvalue weighted by molar-refractivity contribution is -0.146. The second-order valence-corrected chi connectivity index (χ2v) is 6.21. The first-order chi connectivity index (χ1) is 8.88. The van der Waals surface area contributed by atoms with E-state index in [9.17, 15) is 4.79 Å². The third-order valence-electron chi connectivity index (χ3n) is 3.57. The van der Waals surface area contributed by atoms with Crippen LogP contribution < -0.4 is 4.74 Å². The molecule has 0 aliphatic heterocycles. The highest BCUT2D eigenvalue weighted by Crippen LogP contribution is 2.32. The van der Waals surface area contributed by atoms with E-state index >= 15 is 0 Å². The highest BCUT2D eigenvalue weighted by molar-refractivity contribution is 6.32. The van der Waals surface area contributed by atoms with Crippen molar-refractivity contribution in [2.45, 2.75) is 45.6 Å². The standard InChI is InChI=1S/C15H19ClO3/c1-15(2,14(17)18)9-10-6-7-13(12(16)8-10)19-11-4-3-5-11/h6-8,11H,3-5,9H2,1-2H3,(H,17,18). The zero-order chi connectivity index (χ0) is 14.0. The Morgan fingerprint density at radius 3 is 2.63 bits per heavy atom. The van der Waals surface area contributed by atoms with E-state index in [1.54, 1.807) is 19.9 Å². The van der Waals surface area contributed by atoms with E-state index < -0.39 is 11.4 Å². The fraction of sp³-hybridized carbons (Fsp3) is 0.533. The maximum Gasteiger partial charge on any atom is 0.309 e. The average molecular weight is 283 g/mol. The maximum atomic E-state index is 11.1. The van der Waals surface area contributed by atoms with Crippen LogP contribution in [-0.4, -0.2) is 17.2 Å². The largest absolute Gasteiger partial charge is 0.489 e. The molecule has 1 aromatic carbocycles. The monoisotopic (exact) mass is 282 g/mol. The summed E-state index contributed by atoms with van der Waals surface area (Å²) >= 11 is 6.19. The van der Waals surface area contributed by atoms with Gasteiger partial charge in [0.1, 0.15) is 5.75 Å². The number of carboxylic acids is 1. The number of hydrogen-bond acceptors (Lipinski definition) is 2. The van der Waals surface area contributed by atoms with Crippen LogP contribution in [0.3, 0.4) is 0 Å². The first-order valence-electron chi connectivity index (χ1n) is 6.57. The van der Waals surface area contributed by atoms with E-state index in [4.69, 9.17) is 21.4 Å². The molecule has 0 unspecified atom stereocenters. The first-order valence-corrected chi connectivity index (χ1v) is 6.95. The van der Waals surface area contributed by atoms with Crippen LogP contribution in [0.2, 0.25) is 5.02 Å². The summed E-state index contributed by atoms with van der Waals surface area (Å²) in [5.41, 5.74) is 0.123. The van der Waals surface area contributed by atoms with Crippen molar-refractivity contribution in [3.63, 3.8) is 0 Å². The molecule has 0 radical (unpaired) electrons. The van der Waals surface area contributed by atoms with Gasteiger partial charge in [-0.25, -0.2) is 0 Å². The van der Waals surface area contributed by atoms with Crippen molar-refractivity contribution in [1.29, 1.82) is 0 Å². The molecule has 1 fully saturated rings. The normalized spacial score (nSPS) is 15.9. The number of rotatable bonds is 5. The first kappa shape index (κ1) is 14.2. The van der Waals surface area contributed by atoms with Crippen LogP contribution in [-0.2, 0) is 11.2 Å². The summed E-state index contributed by atoms with van der Waals surface area (Å²) in [5.74, 6) is -0.110. The molecule has 1 aromatic rings. The van der Waals surface area contributed by atoms with Crippen LogP contribution in [0.25, 0.3) is 0 Å². The summed E-state index contributed by atoms with van der Waals surface area (Å²) < 4.78 is 5.77. The third-order valence-corrected chi connectivity index (χ3v) is 3.86. The number of benzene rings is 1. The molecular formula is C15H19ClO3. The molecule has 4 heteroatoms.